The van der Waals surface area contributed by atoms with Crippen LogP contribution in [-0.4, -0.2) is 16.8 Å². The van der Waals surface area contributed by atoms with E-state index in [2.05, 4.69) is 15.6 Å². The van der Waals surface area contributed by atoms with Crippen LogP contribution in [0.1, 0.15) is 29.4 Å². The summed E-state index contributed by atoms with van der Waals surface area (Å²) in [7, 11) is 0. The van der Waals surface area contributed by atoms with Crippen molar-refractivity contribution in [1.82, 2.24) is 4.98 Å². The van der Waals surface area contributed by atoms with Gasteiger partial charge < -0.3 is 16.4 Å². The SMILES string of the molecule is CCC(=O)Nc1ccc(C)c(NC(=O)c2csc(N)n2)c1. The molecule has 4 N–H and O–H groups in total. The monoisotopic (exact) mass is 304 g/mol. The highest BCUT2D eigenvalue weighted by atomic mass is 32.1. The van der Waals surface area contributed by atoms with Crippen molar-refractivity contribution in [2.75, 3.05) is 16.4 Å². The summed E-state index contributed by atoms with van der Waals surface area (Å²) in [6, 6.07) is 5.34. The van der Waals surface area contributed by atoms with Crippen molar-refractivity contribution in [3.05, 3.63) is 34.8 Å². The Morgan fingerprint density at radius 3 is 2.71 bits per heavy atom. The van der Waals surface area contributed by atoms with Crippen LogP contribution in [0, 0.1) is 6.92 Å². The number of amides is 2. The summed E-state index contributed by atoms with van der Waals surface area (Å²) in [6.07, 6.45) is 0.396. The number of carbonyl (C=O) groups is 2. The summed E-state index contributed by atoms with van der Waals surface area (Å²) < 4.78 is 0. The molecule has 0 aliphatic heterocycles. The van der Waals surface area contributed by atoms with Crippen LogP contribution in [0.4, 0.5) is 16.5 Å². The van der Waals surface area contributed by atoms with Crippen LogP contribution in [0.2, 0.25) is 0 Å². The molecule has 0 saturated carbocycles. The van der Waals surface area contributed by atoms with E-state index in [4.69, 9.17) is 5.73 Å². The first-order chi connectivity index (χ1) is 9.99. The van der Waals surface area contributed by atoms with Gasteiger partial charge in [0.05, 0.1) is 0 Å². The van der Waals surface area contributed by atoms with Gasteiger partial charge in [-0.3, -0.25) is 9.59 Å². The fourth-order valence-corrected chi connectivity index (χ4v) is 2.21. The number of nitrogens with zero attached hydrogens (tertiary/aromatic N) is 1. The Hall–Kier alpha value is -2.41. The Balaban J connectivity index is 2.17. The second kappa shape index (κ2) is 6.36. The van der Waals surface area contributed by atoms with Gasteiger partial charge in [-0.05, 0) is 24.6 Å². The summed E-state index contributed by atoms with van der Waals surface area (Å²) in [5.41, 5.74) is 7.95. The third kappa shape index (κ3) is 3.79. The molecule has 0 bridgehead atoms. The fraction of sp³-hybridized carbons (Fsp3) is 0.214. The molecule has 0 spiro atoms. The van der Waals surface area contributed by atoms with Gasteiger partial charge in [-0.1, -0.05) is 13.0 Å². The number of nitrogens with one attached hydrogen (secondary N) is 2. The Bertz CT molecular complexity index is 681. The lowest BCUT2D eigenvalue weighted by atomic mass is 10.1. The average molecular weight is 304 g/mol. The summed E-state index contributed by atoms with van der Waals surface area (Å²) in [4.78, 5) is 27.4. The Morgan fingerprint density at radius 2 is 2.10 bits per heavy atom. The molecule has 0 fully saturated rings. The molecule has 1 heterocycles. The summed E-state index contributed by atoms with van der Waals surface area (Å²) in [5.74, 6) is -0.409. The van der Waals surface area contributed by atoms with Crippen molar-refractivity contribution in [1.29, 1.82) is 0 Å². The molecule has 1 aromatic carbocycles. The molecule has 6 nitrogen and oxygen atoms in total. The van der Waals surface area contributed by atoms with Gasteiger partial charge in [0.1, 0.15) is 5.69 Å². The molecule has 0 aliphatic carbocycles. The van der Waals surface area contributed by atoms with Gasteiger partial charge in [0.25, 0.3) is 5.91 Å². The van der Waals surface area contributed by atoms with Crippen LogP contribution < -0.4 is 16.4 Å². The van der Waals surface area contributed by atoms with E-state index in [1.54, 1.807) is 24.4 Å². The van der Waals surface area contributed by atoms with Crippen molar-refractivity contribution < 1.29 is 9.59 Å². The van der Waals surface area contributed by atoms with Gasteiger partial charge in [-0.2, -0.15) is 0 Å². The predicted molar refractivity (Wildman–Crippen MR) is 84.6 cm³/mol. The van der Waals surface area contributed by atoms with Gasteiger partial charge >= 0.3 is 0 Å². The van der Waals surface area contributed by atoms with Gasteiger partial charge in [0, 0.05) is 23.2 Å². The van der Waals surface area contributed by atoms with Gasteiger partial charge in [0.15, 0.2) is 5.13 Å². The lowest BCUT2D eigenvalue weighted by Gasteiger charge is -2.10. The third-order valence-corrected chi connectivity index (χ3v) is 3.52. The summed E-state index contributed by atoms with van der Waals surface area (Å²) in [6.45, 7) is 3.65. The molecule has 0 atom stereocenters. The van der Waals surface area contributed by atoms with E-state index in [0.29, 0.717) is 22.9 Å². The average Bonchev–Trinajstić information content (AvgIpc) is 2.89. The molecule has 21 heavy (non-hydrogen) atoms. The van der Waals surface area contributed by atoms with Crippen molar-refractivity contribution in [2.24, 2.45) is 0 Å². The number of thiazole rings is 1. The van der Waals surface area contributed by atoms with Crippen LogP contribution in [0.15, 0.2) is 23.6 Å². The minimum Gasteiger partial charge on any atom is -0.375 e. The lowest BCUT2D eigenvalue weighted by Crippen LogP contribution is -2.14. The first kappa shape index (κ1) is 15.0. The van der Waals surface area contributed by atoms with Crippen molar-refractivity contribution in [2.45, 2.75) is 20.3 Å². The molecular formula is C14H16N4O2S. The lowest BCUT2D eigenvalue weighted by molar-refractivity contribution is -0.115. The van der Waals surface area contributed by atoms with E-state index >= 15 is 0 Å². The Morgan fingerprint density at radius 1 is 1.33 bits per heavy atom. The maximum absolute atomic E-state index is 12.1. The largest absolute Gasteiger partial charge is 0.375 e. The number of aryl methyl sites for hydroxylation is 1. The highest BCUT2D eigenvalue weighted by Crippen LogP contribution is 2.21. The van der Waals surface area contributed by atoms with E-state index < -0.39 is 0 Å². The maximum Gasteiger partial charge on any atom is 0.275 e. The highest BCUT2D eigenvalue weighted by Gasteiger charge is 2.12. The summed E-state index contributed by atoms with van der Waals surface area (Å²) in [5, 5.41) is 7.47. The number of benzene rings is 1. The molecule has 0 aliphatic rings. The number of nitrogen functional groups attached to an aromatic ring is 1. The van der Waals surface area contributed by atoms with Crippen LogP contribution in [0.5, 0.6) is 0 Å². The predicted octanol–water partition coefficient (Wildman–Crippen LogP) is 2.63. The third-order valence-electron chi connectivity index (χ3n) is 2.85. The fourth-order valence-electron chi connectivity index (χ4n) is 1.66. The van der Waals surface area contributed by atoms with E-state index in [1.165, 1.54) is 11.3 Å². The molecule has 0 radical (unpaired) electrons. The molecule has 1 aromatic heterocycles. The first-order valence-corrected chi connectivity index (χ1v) is 7.30. The number of rotatable bonds is 4. The van der Waals surface area contributed by atoms with E-state index in [0.717, 1.165) is 5.56 Å². The van der Waals surface area contributed by atoms with Crippen molar-refractivity contribution in [3.8, 4) is 0 Å². The molecule has 7 heteroatoms. The minimum absolute atomic E-state index is 0.0802. The number of hydrogen-bond donors (Lipinski definition) is 3. The zero-order valence-electron chi connectivity index (χ0n) is 11.8. The van der Waals surface area contributed by atoms with Crippen LogP contribution in [0.3, 0.4) is 0 Å². The molecule has 2 rings (SSSR count). The zero-order valence-corrected chi connectivity index (χ0v) is 12.6. The number of nitrogens with two attached hydrogens (primary N) is 1. The molecular weight excluding hydrogens is 288 g/mol. The normalized spacial score (nSPS) is 10.2. The molecule has 2 aromatic rings. The zero-order chi connectivity index (χ0) is 15.4. The summed E-state index contributed by atoms with van der Waals surface area (Å²) >= 11 is 1.21. The van der Waals surface area contributed by atoms with Crippen LogP contribution in [-0.2, 0) is 4.79 Å². The Kier molecular flexibility index (Phi) is 4.54. The number of aromatic nitrogens is 1. The van der Waals surface area contributed by atoms with E-state index in [-0.39, 0.29) is 17.5 Å². The van der Waals surface area contributed by atoms with Gasteiger partial charge in [-0.25, -0.2) is 4.98 Å². The molecule has 2 amide bonds. The van der Waals surface area contributed by atoms with E-state index in [9.17, 15) is 9.59 Å². The van der Waals surface area contributed by atoms with Crippen molar-refractivity contribution in [3.63, 3.8) is 0 Å². The Labute approximate surface area is 126 Å². The quantitative estimate of drug-likeness (QED) is 0.809. The maximum atomic E-state index is 12.1. The van der Waals surface area contributed by atoms with Crippen molar-refractivity contribution >= 4 is 39.7 Å². The molecule has 0 saturated heterocycles. The second-order valence-corrected chi connectivity index (χ2v) is 5.35. The highest BCUT2D eigenvalue weighted by molar-refractivity contribution is 7.13. The molecule has 0 unspecified atom stereocenters. The number of hydrogen-bond acceptors (Lipinski definition) is 5. The number of carbonyl (C=O) groups excluding carboxylic acids is 2. The standard InChI is InChI=1S/C14H16N4O2S/c1-3-12(19)16-9-5-4-8(2)10(6-9)17-13(20)11-7-21-14(15)18-11/h4-7H,3H2,1-2H3,(H2,15,18)(H,16,19)(H,17,20). The smallest absolute Gasteiger partial charge is 0.275 e. The van der Waals surface area contributed by atoms with Gasteiger partial charge in [0.2, 0.25) is 5.91 Å². The number of anilines is 3. The first-order valence-electron chi connectivity index (χ1n) is 6.42. The molecule has 110 valence electrons. The topological polar surface area (TPSA) is 97.1 Å². The minimum atomic E-state index is -0.329. The van der Waals surface area contributed by atoms with Gasteiger partial charge in [-0.15, -0.1) is 11.3 Å². The second-order valence-electron chi connectivity index (χ2n) is 4.46. The van der Waals surface area contributed by atoms with Crippen LogP contribution in [0.25, 0.3) is 0 Å². The van der Waals surface area contributed by atoms with Crippen LogP contribution >= 0.6 is 11.3 Å². The van der Waals surface area contributed by atoms with E-state index in [1.807, 2.05) is 13.0 Å².